The zero-order valence-corrected chi connectivity index (χ0v) is 14.2. The number of nitrogens with zero attached hydrogens (tertiary/aromatic N) is 3. The molecule has 0 amide bonds. The standard InChI is InChI=1S/C18H23N3O3/c1-23-15-10-8-13(9-11-15)17-19-18(14-6-4-3-5-7-14)21(20-17)12-16(22)24-2/h8-11,14H,3-7,12H2,1-2H3. The highest BCUT2D eigenvalue weighted by Crippen LogP contribution is 2.33. The van der Waals surface area contributed by atoms with Gasteiger partial charge in [-0.3, -0.25) is 4.79 Å². The number of esters is 1. The van der Waals surface area contributed by atoms with Crippen molar-refractivity contribution in [2.24, 2.45) is 0 Å². The lowest BCUT2D eigenvalue weighted by Gasteiger charge is -2.20. The fourth-order valence-corrected chi connectivity index (χ4v) is 3.18. The van der Waals surface area contributed by atoms with Crippen LogP contribution < -0.4 is 4.74 Å². The van der Waals surface area contributed by atoms with Crippen LogP contribution in [0.4, 0.5) is 0 Å². The highest BCUT2D eigenvalue weighted by molar-refractivity contribution is 5.69. The summed E-state index contributed by atoms with van der Waals surface area (Å²) < 4.78 is 11.7. The molecule has 6 nitrogen and oxygen atoms in total. The second kappa shape index (κ2) is 7.47. The molecular weight excluding hydrogens is 306 g/mol. The number of hydrogen-bond acceptors (Lipinski definition) is 5. The van der Waals surface area contributed by atoms with E-state index in [0.29, 0.717) is 11.7 Å². The Morgan fingerprint density at radius 2 is 1.88 bits per heavy atom. The summed E-state index contributed by atoms with van der Waals surface area (Å²) in [6.45, 7) is 0.103. The number of aromatic nitrogens is 3. The Morgan fingerprint density at radius 3 is 2.50 bits per heavy atom. The Balaban J connectivity index is 1.92. The average Bonchev–Trinajstić information content (AvgIpc) is 3.06. The molecule has 0 saturated heterocycles. The van der Waals surface area contributed by atoms with Gasteiger partial charge in [-0.05, 0) is 37.1 Å². The molecular formula is C18H23N3O3. The van der Waals surface area contributed by atoms with Gasteiger partial charge in [-0.1, -0.05) is 19.3 Å². The normalized spacial score (nSPS) is 15.2. The molecule has 0 radical (unpaired) electrons. The van der Waals surface area contributed by atoms with Crippen molar-refractivity contribution in [3.63, 3.8) is 0 Å². The van der Waals surface area contributed by atoms with Crippen LogP contribution in [-0.2, 0) is 16.1 Å². The fourth-order valence-electron chi connectivity index (χ4n) is 3.18. The SMILES string of the molecule is COC(=O)Cn1nc(-c2ccc(OC)cc2)nc1C1CCCCC1. The minimum absolute atomic E-state index is 0.103. The van der Waals surface area contributed by atoms with Crippen LogP contribution in [0.3, 0.4) is 0 Å². The third kappa shape index (κ3) is 3.58. The second-order valence-corrected chi connectivity index (χ2v) is 6.09. The summed E-state index contributed by atoms with van der Waals surface area (Å²) in [6.07, 6.45) is 5.87. The molecule has 0 bridgehead atoms. The Labute approximate surface area is 141 Å². The van der Waals surface area contributed by atoms with Gasteiger partial charge in [0.05, 0.1) is 14.2 Å². The third-order valence-electron chi connectivity index (χ3n) is 4.53. The van der Waals surface area contributed by atoms with Crippen LogP contribution >= 0.6 is 0 Å². The van der Waals surface area contributed by atoms with Crippen LogP contribution in [0.1, 0.15) is 43.8 Å². The molecule has 128 valence electrons. The van der Waals surface area contributed by atoms with Crippen LogP contribution in [-0.4, -0.2) is 35.0 Å². The molecule has 0 unspecified atom stereocenters. The van der Waals surface area contributed by atoms with Crippen molar-refractivity contribution < 1.29 is 14.3 Å². The monoisotopic (exact) mass is 329 g/mol. The number of methoxy groups -OCH3 is 2. The van der Waals surface area contributed by atoms with Gasteiger partial charge in [0.15, 0.2) is 5.82 Å². The third-order valence-corrected chi connectivity index (χ3v) is 4.53. The summed E-state index contributed by atoms with van der Waals surface area (Å²) in [5, 5.41) is 4.56. The minimum atomic E-state index is -0.307. The maximum atomic E-state index is 11.7. The van der Waals surface area contributed by atoms with Gasteiger partial charge in [-0.25, -0.2) is 9.67 Å². The number of ether oxygens (including phenoxy) is 2. The van der Waals surface area contributed by atoms with Gasteiger partial charge < -0.3 is 9.47 Å². The molecule has 6 heteroatoms. The van der Waals surface area contributed by atoms with Crippen LogP contribution in [0.25, 0.3) is 11.4 Å². The average molecular weight is 329 g/mol. The molecule has 1 fully saturated rings. The van der Waals surface area contributed by atoms with Crippen molar-refractivity contribution in [3.8, 4) is 17.1 Å². The van der Waals surface area contributed by atoms with E-state index in [9.17, 15) is 4.79 Å². The molecule has 0 aliphatic heterocycles. The van der Waals surface area contributed by atoms with E-state index < -0.39 is 0 Å². The molecule has 1 saturated carbocycles. The van der Waals surface area contributed by atoms with E-state index >= 15 is 0 Å². The van der Waals surface area contributed by atoms with Gasteiger partial charge in [0.2, 0.25) is 0 Å². The number of carbonyl (C=O) groups excluding carboxylic acids is 1. The van der Waals surface area contributed by atoms with E-state index in [4.69, 9.17) is 14.5 Å². The second-order valence-electron chi connectivity index (χ2n) is 6.09. The topological polar surface area (TPSA) is 66.2 Å². The van der Waals surface area contributed by atoms with Crippen LogP contribution in [0.15, 0.2) is 24.3 Å². The largest absolute Gasteiger partial charge is 0.497 e. The number of hydrogen-bond donors (Lipinski definition) is 0. The lowest BCUT2D eigenvalue weighted by Crippen LogP contribution is -2.18. The number of carbonyl (C=O) groups is 1. The summed E-state index contributed by atoms with van der Waals surface area (Å²) in [4.78, 5) is 16.5. The molecule has 1 aromatic carbocycles. The zero-order chi connectivity index (χ0) is 16.9. The van der Waals surface area contributed by atoms with Crippen molar-refractivity contribution in [1.82, 2.24) is 14.8 Å². The number of rotatable bonds is 5. The van der Waals surface area contributed by atoms with Crippen molar-refractivity contribution in [2.45, 2.75) is 44.6 Å². The fraction of sp³-hybridized carbons (Fsp3) is 0.500. The molecule has 2 aromatic rings. The smallest absolute Gasteiger partial charge is 0.327 e. The molecule has 0 spiro atoms. The highest BCUT2D eigenvalue weighted by Gasteiger charge is 2.24. The number of benzene rings is 1. The first-order valence-electron chi connectivity index (χ1n) is 8.37. The summed E-state index contributed by atoms with van der Waals surface area (Å²) in [5.74, 6) is 2.38. The van der Waals surface area contributed by atoms with Gasteiger partial charge in [0.1, 0.15) is 18.1 Å². The predicted octanol–water partition coefficient (Wildman–Crippen LogP) is 3.17. The molecule has 1 aliphatic carbocycles. The Bertz CT molecular complexity index is 688. The molecule has 1 aromatic heterocycles. The first-order chi connectivity index (χ1) is 11.7. The van der Waals surface area contributed by atoms with E-state index in [-0.39, 0.29) is 12.5 Å². The maximum Gasteiger partial charge on any atom is 0.327 e. The Kier molecular flexibility index (Phi) is 5.13. The van der Waals surface area contributed by atoms with Crippen molar-refractivity contribution in [2.75, 3.05) is 14.2 Å². The molecule has 1 heterocycles. The van der Waals surface area contributed by atoms with Crippen molar-refractivity contribution in [1.29, 1.82) is 0 Å². The summed E-state index contributed by atoms with van der Waals surface area (Å²) in [5.41, 5.74) is 0.913. The van der Waals surface area contributed by atoms with E-state index in [1.165, 1.54) is 26.4 Å². The first-order valence-corrected chi connectivity index (χ1v) is 8.37. The van der Waals surface area contributed by atoms with E-state index in [1.54, 1.807) is 11.8 Å². The van der Waals surface area contributed by atoms with Gasteiger partial charge >= 0.3 is 5.97 Å². The van der Waals surface area contributed by atoms with Crippen LogP contribution in [0.5, 0.6) is 5.75 Å². The highest BCUT2D eigenvalue weighted by atomic mass is 16.5. The van der Waals surface area contributed by atoms with Gasteiger partial charge in [-0.2, -0.15) is 5.10 Å². The van der Waals surface area contributed by atoms with Crippen molar-refractivity contribution in [3.05, 3.63) is 30.1 Å². The van der Waals surface area contributed by atoms with E-state index in [1.807, 2.05) is 24.3 Å². The maximum absolute atomic E-state index is 11.7. The summed E-state index contributed by atoms with van der Waals surface area (Å²) in [7, 11) is 3.03. The zero-order valence-electron chi connectivity index (χ0n) is 14.2. The quantitative estimate of drug-likeness (QED) is 0.788. The lowest BCUT2D eigenvalue weighted by molar-refractivity contribution is -0.141. The summed E-state index contributed by atoms with van der Waals surface area (Å²) >= 11 is 0. The lowest BCUT2D eigenvalue weighted by atomic mass is 9.88. The van der Waals surface area contributed by atoms with Gasteiger partial charge in [-0.15, -0.1) is 0 Å². The molecule has 0 N–H and O–H groups in total. The van der Waals surface area contributed by atoms with E-state index in [2.05, 4.69) is 5.10 Å². The predicted molar refractivity (Wildman–Crippen MR) is 89.9 cm³/mol. The molecule has 24 heavy (non-hydrogen) atoms. The molecule has 1 aliphatic rings. The molecule has 0 atom stereocenters. The Morgan fingerprint density at radius 1 is 1.17 bits per heavy atom. The van der Waals surface area contributed by atoms with Gasteiger partial charge in [0.25, 0.3) is 0 Å². The van der Waals surface area contributed by atoms with E-state index in [0.717, 1.165) is 30.0 Å². The molecule has 3 rings (SSSR count). The minimum Gasteiger partial charge on any atom is -0.497 e. The van der Waals surface area contributed by atoms with Gasteiger partial charge in [0, 0.05) is 11.5 Å². The Hall–Kier alpha value is -2.37. The van der Waals surface area contributed by atoms with Crippen LogP contribution in [0.2, 0.25) is 0 Å². The van der Waals surface area contributed by atoms with Crippen LogP contribution in [0, 0.1) is 0 Å². The summed E-state index contributed by atoms with van der Waals surface area (Å²) in [6, 6.07) is 7.63. The van der Waals surface area contributed by atoms with Crippen molar-refractivity contribution >= 4 is 5.97 Å². The first kappa shape index (κ1) is 16.5.